The molecule has 1 rings (SSSR count). The molecule has 0 amide bonds. The number of hydrogen-bond donors (Lipinski definition) is 0. The molecule has 23 heavy (non-hydrogen) atoms. The first-order valence-electron chi connectivity index (χ1n) is 8.58. The lowest BCUT2D eigenvalue weighted by Crippen LogP contribution is -2.44. The largest absolute Gasteiger partial charge is 0.543 e. The molecule has 0 atom stereocenters. The van der Waals surface area contributed by atoms with Crippen molar-refractivity contribution in [3.05, 3.63) is 29.8 Å². The van der Waals surface area contributed by atoms with Crippen LogP contribution in [0.3, 0.4) is 0 Å². The maximum absolute atomic E-state index is 6.52. The van der Waals surface area contributed by atoms with Gasteiger partial charge in [-0.15, -0.1) is 0 Å². The number of hydrogen-bond acceptors (Lipinski definition) is 2. The fourth-order valence-electron chi connectivity index (χ4n) is 1.63. The molecule has 4 heteroatoms. The maximum Gasteiger partial charge on any atom is 0.250 e. The summed E-state index contributed by atoms with van der Waals surface area (Å²) in [6.45, 7) is 23.5. The summed E-state index contributed by atoms with van der Waals surface area (Å²) in [6.07, 6.45) is 0. The molecule has 1 aromatic rings. The van der Waals surface area contributed by atoms with Crippen LogP contribution in [0.2, 0.25) is 36.3 Å². The SMILES string of the molecule is CC(C)(C)[Si](C)(C)OCc1ccccc1O[Si](C)(C)C(C)(C)C. The predicted octanol–water partition coefficient (Wildman–Crippen LogP) is 6.59. The van der Waals surface area contributed by atoms with Crippen LogP contribution in [0.25, 0.3) is 0 Å². The highest BCUT2D eigenvalue weighted by atomic mass is 28.4. The van der Waals surface area contributed by atoms with E-state index < -0.39 is 16.6 Å². The first kappa shape index (κ1) is 20.5. The molecule has 0 aliphatic carbocycles. The Kier molecular flexibility index (Phi) is 5.99. The van der Waals surface area contributed by atoms with Crippen LogP contribution in [0.1, 0.15) is 47.1 Å². The molecular formula is C19H36O2Si2. The Morgan fingerprint density at radius 2 is 1.26 bits per heavy atom. The lowest BCUT2D eigenvalue weighted by molar-refractivity contribution is 0.273. The van der Waals surface area contributed by atoms with Crippen LogP contribution in [0.5, 0.6) is 5.75 Å². The Morgan fingerprint density at radius 3 is 1.74 bits per heavy atom. The van der Waals surface area contributed by atoms with Gasteiger partial charge in [-0.25, -0.2) is 0 Å². The molecule has 0 aromatic heterocycles. The summed E-state index contributed by atoms with van der Waals surface area (Å²) in [6, 6.07) is 8.35. The van der Waals surface area contributed by atoms with E-state index in [1.54, 1.807) is 0 Å². The van der Waals surface area contributed by atoms with Crippen LogP contribution >= 0.6 is 0 Å². The summed E-state index contributed by atoms with van der Waals surface area (Å²) in [7, 11) is -3.58. The normalized spacial score (nSPS) is 14.0. The second-order valence-corrected chi connectivity index (χ2v) is 19.1. The highest BCUT2D eigenvalue weighted by molar-refractivity contribution is 6.75. The molecular weight excluding hydrogens is 316 g/mol. The quantitative estimate of drug-likeness (QED) is 0.556. The summed E-state index contributed by atoms with van der Waals surface area (Å²) in [5, 5.41) is 0.419. The van der Waals surface area contributed by atoms with Crippen molar-refractivity contribution in [2.75, 3.05) is 0 Å². The van der Waals surface area contributed by atoms with Crippen molar-refractivity contribution >= 4 is 16.6 Å². The fraction of sp³-hybridized carbons (Fsp3) is 0.684. The summed E-state index contributed by atoms with van der Waals surface area (Å²) in [5.74, 6) is 0.998. The molecule has 0 aliphatic heterocycles. The minimum atomic E-state index is -1.83. The highest BCUT2D eigenvalue weighted by Crippen LogP contribution is 2.40. The van der Waals surface area contributed by atoms with Gasteiger partial charge in [0, 0.05) is 5.56 Å². The fourth-order valence-corrected chi connectivity index (χ4v) is 3.63. The van der Waals surface area contributed by atoms with Crippen molar-refractivity contribution in [2.24, 2.45) is 0 Å². The smallest absolute Gasteiger partial charge is 0.250 e. The molecule has 0 saturated heterocycles. The monoisotopic (exact) mass is 352 g/mol. The van der Waals surface area contributed by atoms with Gasteiger partial charge in [-0.05, 0) is 42.3 Å². The van der Waals surface area contributed by atoms with Gasteiger partial charge in [-0.3, -0.25) is 0 Å². The molecule has 1 aromatic carbocycles. The van der Waals surface area contributed by atoms with Gasteiger partial charge in [0.15, 0.2) is 8.32 Å². The second kappa shape index (κ2) is 6.73. The number of rotatable bonds is 5. The average molecular weight is 353 g/mol. The molecule has 0 spiro atoms. The lowest BCUT2D eigenvalue weighted by Gasteiger charge is -2.38. The molecule has 0 heterocycles. The minimum absolute atomic E-state index is 0.195. The highest BCUT2D eigenvalue weighted by Gasteiger charge is 2.40. The summed E-state index contributed by atoms with van der Waals surface area (Å²) in [4.78, 5) is 0. The van der Waals surface area contributed by atoms with Gasteiger partial charge in [0.1, 0.15) is 5.75 Å². The standard InChI is InChI=1S/C19H36O2Si2/c1-18(2,3)22(7,8)20-15-16-13-11-12-14-17(16)21-23(9,10)19(4,5)6/h11-14H,15H2,1-10H3. The topological polar surface area (TPSA) is 18.5 Å². The molecule has 0 saturated carbocycles. The Morgan fingerprint density at radius 1 is 0.783 bits per heavy atom. The third kappa shape index (κ3) is 5.20. The van der Waals surface area contributed by atoms with Gasteiger partial charge in [-0.1, -0.05) is 59.7 Å². The second-order valence-electron chi connectivity index (χ2n) is 9.52. The molecule has 0 aliphatic rings. The van der Waals surface area contributed by atoms with Crippen molar-refractivity contribution in [3.63, 3.8) is 0 Å². The van der Waals surface area contributed by atoms with Crippen molar-refractivity contribution in [3.8, 4) is 5.75 Å². The van der Waals surface area contributed by atoms with E-state index in [2.05, 4.69) is 92.0 Å². The first-order valence-corrected chi connectivity index (χ1v) is 14.4. The van der Waals surface area contributed by atoms with E-state index in [-0.39, 0.29) is 10.1 Å². The van der Waals surface area contributed by atoms with E-state index in [0.29, 0.717) is 6.61 Å². The third-order valence-corrected chi connectivity index (χ3v) is 14.4. The number of benzene rings is 1. The summed E-state index contributed by atoms with van der Waals surface area (Å²) >= 11 is 0. The average Bonchev–Trinajstić information content (AvgIpc) is 2.34. The van der Waals surface area contributed by atoms with Gasteiger partial charge in [0.25, 0.3) is 0 Å². The Labute approximate surface area is 145 Å². The Hall–Kier alpha value is -0.586. The van der Waals surface area contributed by atoms with Crippen LogP contribution in [0.4, 0.5) is 0 Å². The van der Waals surface area contributed by atoms with Crippen LogP contribution in [-0.2, 0) is 11.0 Å². The molecule has 0 unspecified atom stereocenters. The van der Waals surface area contributed by atoms with E-state index in [1.807, 2.05) is 0 Å². The van der Waals surface area contributed by atoms with Gasteiger partial charge in [0.2, 0.25) is 8.32 Å². The minimum Gasteiger partial charge on any atom is -0.543 e. The van der Waals surface area contributed by atoms with Gasteiger partial charge in [-0.2, -0.15) is 0 Å². The summed E-state index contributed by atoms with van der Waals surface area (Å²) < 4.78 is 12.9. The van der Waals surface area contributed by atoms with Crippen molar-refractivity contribution in [1.29, 1.82) is 0 Å². The van der Waals surface area contributed by atoms with E-state index >= 15 is 0 Å². The lowest BCUT2D eigenvalue weighted by atomic mass is 10.2. The predicted molar refractivity (Wildman–Crippen MR) is 106 cm³/mol. The van der Waals surface area contributed by atoms with Gasteiger partial charge < -0.3 is 8.85 Å². The maximum atomic E-state index is 6.52. The Balaban J connectivity index is 2.96. The molecule has 0 N–H and O–H groups in total. The zero-order valence-corrected chi connectivity index (χ0v) is 18.8. The van der Waals surface area contributed by atoms with Gasteiger partial charge in [0.05, 0.1) is 6.61 Å². The summed E-state index contributed by atoms with van der Waals surface area (Å²) in [5.41, 5.74) is 1.17. The number of para-hydroxylation sites is 1. The molecule has 2 nitrogen and oxygen atoms in total. The van der Waals surface area contributed by atoms with E-state index in [0.717, 1.165) is 5.75 Å². The first-order chi connectivity index (χ1) is 10.2. The molecule has 0 fully saturated rings. The van der Waals surface area contributed by atoms with Crippen molar-refractivity contribution in [2.45, 2.75) is 84.4 Å². The molecule has 0 bridgehead atoms. The van der Waals surface area contributed by atoms with Crippen molar-refractivity contribution < 1.29 is 8.85 Å². The van der Waals surface area contributed by atoms with Crippen LogP contribution in [0, 0.1) is 0 Å². The van der Waals surface area contributed by atoms with Crippen LogP contribution in [-0.4, -0.2) is 16.6 Å². The third-order valence-electron chi connectivity index (χ3n) is 5.54. The molecule has 132 valence electrons. The van der Waals surface area contributed by atoms with Gasteiger partial charge >= 0.3 is 0 Å². The van der Waals surface area contributed by atoms with E-state index in [4.69, 9.17) is 8.85 Å². The van der Waals surface area contributed by atoms with Crippen LogP contribution < -0.4 is 4.43 Å². The molecule has 0 radical (unpaired) electrons. The van der Waals surface area contributed by atoms with Crippen molar-refractivity contribution in [1.82, 2.24) is 0 Å². The zero-order valence-electron chi connectivity index (χ0n) is 16.8. The van der Waals surface area contributed by atoms with E-state index in [9.17, 15) is 0 Å². The zero-order chi connectivity index (χ0) is 18.1. The Bertz CT molecular complexity index is 523. The van der Waals surface area contributed by atoms with Crippen LogP contribution in [0.15, 0.2) is 24.3 Å². The van der Waals surface area contributed by atoms with E-state index in [1.165, 1.54) is 5.56 Å².